The molecule has 18 heavy (non-hydrogen) atoms. The number of hydrogen-bond donors (Lipinski definition) is 2. The summed E-state index contributed by atoms with van der Waals surface area (Å²) < 4.78 is 0. The Labute approximate surface area is 112 Å². The molecule has 1 atom stereocenters. The van der Waals surface area contributed by atoms with Gasteiger partial charge in [0, 0.05) is 13.1 Å². The van der Waals surface area contributed by atoms with Gasteiger partial charge in [0.25, 0.3) is 0 Å². The van der Waals surface area contributed by atoms with E-state index in [0.717, 1.165) is 25.9 Å². The first-order valence-corrected chi connectivity index (χ1v) is 7.12. The summed E-state index contributed by atoms with van der Waals surface area (Å²) in [5.74, 6) is -0.239. The van der Waals surface area contributed by atoms with Gasteiger partial charge < -0.3 is 16.0 Å². The summed E-state index contributed by atoms with van der Waals surface area (Å²) in [7, 11) is 4.04. The molecule has 0 aliphatic carbocycles. The standard InChI is InChI=1S/C14H31N3O/c1-5-6-7-8-9-10-14(2,13(15)18)16-11-12-17(3)4/h16H,5-12H2,1-4H3,(H2,15,18). The number of nitrogens with one attached hydrogen (secondary N) is 1. The van der Waals surface area contributed by atoms with Crippen LogP contribution in [0.1, 0.15) is 52.4 Å². The van der Waals surface area contributed by atoms with Gasteiger partial charge in [0.15, 0.2) is 0 Å². The monoisotopic (exact) mass is 257 g/mol. The quantitative estimate of drug-likeness (QED) is 0.554. The van der Waals surface area contributed by atoms with Crippen LogP contribution in [0.2, 0.25) is 0 Å². The van der Waals surface area contributed by atoms with Crippen molar-refractivity contribution in [1.29, 1.82) is 0 Å². The number of amides is 1. The minimum atomic E-state index is -0.553. The van der Waals surface area contributed by atoms with Crippen LogP contribution in [-0.4, -0.2) is 43.5 Å². The lowest BCUT2D eigenvalue weighted by atomic mass is 9.93. The van der Waals surface area contributed by atoms with Gasteiger partial charge >= 0.3 is 0 Å². The van der Waals surface area contributed by atoms with Crippen LogP contribution in [0.3, 0.4) is 0 Å². The molecule has 0 spiro atoms. The summed E-state index contributed by atoms with van der Waals surface area (Å²) in [6.45, 7) is 5.83. The zero-order valence-electron chi connectivity index (χ0n) is 12.6. The van der Waals surface area contributed by atoms with Crippen LogP contribution >= 0.6 is 0 Å². The van der Waals surface area contributed by atoms with E-state index in [0.29, 0.717) is 0 Å². The maximum absolute atomic E-state index is 11.6. The Morgan fingerprint density at radius 1 is 1.22 bits per heavy atom. The van der Waals surface area contributed by atoms with Gasteiger partial charge in [0.2, 0.25) is 5.91 Å². The fourth-order valence-electron chi connectivity index (χ4n) is 1.94. The normalized spacial score (nSPS) is 14.7. The van der Waals surface area contributed by atoms with Crippen molar-refractivity contribution in [1.82, 2.24) is 10.2 Å². The molecule has 0 saturated carbocycles. The number of hydrogen-bond acceptors (Lipinski definition) is 3. The van der Waals surface area contributed by atoms with Crippen molar-refractivity contribution < 1.29 is 4.79 Å². The molecule has 0 bridgehead atoms. The van der Waals surface area contributed by atoms with E-state index in [1.807, 2.05) is 21.0 Å². The van der Waals surface area contributed by atoms with Gasteiger partial charge in [-0.3, -0.25) is 4.79 Å². The second kappa shape index (κ2) is 9.34. The number of rotatable bonds is 11. The summed E-state index contributed by atoms with van der Waals surface area (Å²) in [4.78, 5) is 13.7. The molecule has 4 nitrogen and oxygen atoms in total. The first-order chi connectivity index (χ1) is 8.42. The average Bonchev–Trinajstić information content (AvgIpc) is 2.28. The van der Waals surface area contributed by atoms with Crippen LogP contribution in [0.5, 0.6) is 0 Å². The summed E-state index contributed by atoms with van der Waals surface area (Å²) in [6, 6.07) is 0. The molecule has 0 aromatic carbocycles. The highest BCUT2D eigenvalue weighted by molar-refractivity contribution is 5.84. The maximum atomic E-state index is 11.6. The molecule has 0 heterocycles. The Kier molecular flexibility index (Phi) is 9.02. The largest absolute Gasteiger partial charge is 0.368 e. The third kappa shape index (κ3) is 7.67. The summed E-state index contributed by atoms with van der Waals surface area (Å²) in [6.07, 6.45) is 6.86. The second-order valence-corrected chi connectivity index (χ2v) is 5.59. The van der Waals surface area contributed by atoms with E-state index in [1.54, 1.807) is 0 Å². The predicted molar refractivity (Wildman–Crippen MR) is 77.5 cm³/mol. The van der Waals surface area contributed by atoms with Crippen LogP contribution < -0.4 is 11.1 Å². The zero-order chi connectivity index (χ0) is 14.0. The van der Waals surface area contributed by atoms with Crippen molar-refractivity contribution in [2.45, 2.75) is 57.9 Å². The molecule has 1 unspecified atom stereocenters. The van der Waals surface area contributed by atoms with Gasteiger partial charge in [-0.25, -0.2) is 0 Å². The Hall–Kier alpha value is -0.610. The molecule has 0 fully saturated rings. The van der Waals surface area contributed by atoms with Gasteiger partial charge in [-0.05, 0) is 27.4 Å². The number of nitrogens with zero attached hydrogens (tertiary/aromatic N) is 1. The smallest absolute Gasteiger partial charge is 0.237 e. The molecule has 0 saturated heterocycles. The van der Waals surface area contributed by atoms with Crippen LogP contribution in [0.4, 0.5) is 0 Å². The number of unbranched alkanes of at least 4 members (excludes halogenated alkanes) is 4. The molecular formula is C14H31N3O. The zero-order valence-corrected chi connectivity index (χ0v) is 12.6. The number of nitrogens with two attached hydrogens (primary N) is 1. The fourth-order valence-corrected chi connectivity index (χ4v) is 1.94. The van der Waals surface area contributed by atoms with Crippen molar-refractivity contribution in [3.05, 3.63) is 0 Å². The second-order valence-electron chi connectivity index (χ2n) is 5.59. The molecule has 0 aromatic heterocycles. The van der Waals surface area contributed by atoms with E-state index in [9.17, 15) is 4.79 Å². The SMILES string of the molecule is CCCCCCCC(C)(NCCN(C)C)C(N)=O. The first-order valence-electron chi connectivity index (χ1n) is 7.12. The number of primary amides is 1. The highest BCUT2D eigenvalue weighted by Gasteiger charge is 2.29. The average molecular weight is 257 g/mol. The van der Waals surface area contributed by atoms with E-state index < -0.39 is 5.54 Å². The lowest BCUT2D eigenvalue weighted by Gasteiger charge is -2.28. The van der Waals surface area contributed by atoms with E-state index in [1.165, 1.54) is 25.7 Å². The van der Waals surface area contributed by atoms with E-state index in [-0.39, 0.29) is 5.91 Å². The molecule has 0 aliphatic rings. The van der Waals surface area contributed by atoms with Crippen LogP contribution in [0, 0.1) is 0 Å². The van der Waals surface area contributed by atoms with Crippen molar-refractivity contribution in [3.8, 4) is 0 Å². The van der Waals surface area contributed by atoms with Crippen molar-refractivity contribution in [3.63, 3.8) is 0 Å². The summed E-state index contributed by atoms with van der Waals surface area (Å²) >= 11 is 0. The third-order valence-corrected chi connectivity index (χ3v) is 3.40. The molecule has 1 amide bonds. The number of carbonyl (C=O) groups excluding carboxylic acids is 1. The minimum absolute atomic E-state index is 0.239. The topological polar surface area (TPSA) is 58.4 Å². The molecule has 0 aliphatic heterocycles. The lowest BCUT2D eigenvalue weighted by molar-refractivity contribution is -0.124. The van der Waals surface area contributed by atoms with E-state index in [2.05, 4.69) is 17.1 Å². The van der Waals surface area contributed by atoms with Crippen LogP contribution in [0.15, 0.2) is 0 Å². The predicted octanol–water partition coefficient (Wildman–Crippen LogP) is 1.74. The van der Waals surface area contributed by atoms with Gasteiger partial charge in [-0.1, -0.05) is 39.0 Å². The van der Waals surface area contributed by atoms with Gasteiger partial charge in [-0.15, -0.1) is 0 Å². The fraction of sp³-hybridized carbons (Fsp3) is 0.929. The lowest BCUT2D eigenvalue weighted by Crippen LogP contribution is -2.54. The molecule has 3 N–H and O–H groups in total. The third-order valence-electron chi connectivity index (χ3n) is 3.40. The maximum Gasteiger partial charge on any atom is 0.237 e. The number of carbonyl (C=O) groups is 1. The van der Waals surface area contributed by atoms with Crippen molar-refractivity contribution in [2.75, 3.05) is 27.2 Å². The highest BCUT2D eigenvalue weighted by atomic mass is 16.1. The van der Waals surface area contributed by atoms with E-state index >= 15 is 0 Å². The summed E-state index contributed by atoms with van der Waals surface area (Å²) in [5.41, 5.74) is 4.96. The van der Waals surface area contributed by atoms with Crippen molar-refractivity contribution in [2.24, 2.45) is 5.73 Å². The Morgan fingerprint density at radius 3 is 2.33 bits per heavy atom. The molecule has 0 aromatic rings. The Morgan fingerprint density at radius 2 is 1.83 bits per heavy atom. The highest BCUT2D eigenvalue weighted by Crippen LogP contribution is 2.15. The van der Waals surface area contributed by atoms with Gasteiger partial charge in [-0.2, -0.15) is 0 Å². The summed E-state index contributed by atoms with van der Waals surface area (Å²) in [5, 5.41) is 3.30. The molecule has 0 rings (SSSR count). The Bertz CT molecular complexity index is 231. The molecular weight excluding hydrogens is 226 g/mol. The van der Waals surface area contributed by atoms with Crippen LogP contribution in [0.25, 0.3) is 0 Å². The molecule has 4 heteroatoms. The minimum Gasteiger partial charge on any atom is -0.368 e. The first kappa shape index (κ1) is 17.4. The van der Waals surface area contributed by atoms with E-state index in [4.69, 9.17) is 5.73 Å². The van der Waals surface area contributed by atoms with Gasteiger partial charge in [0.05, 0.1) is 5.54 Å². The molecule has 108 valence electrons. The Balaban J connectivity index is 3.98. The number of likely N-dealkylation sites (N-methyl/N-ethyl adjacent to an activating group) is 1. The molecule has 0 radical (unpaired) electrons. The van der Waals surface area contributed by atoms with Crippen LogP contribution in [-0.2, 0) is 4.79 Å². The van der Waals surface area contributed by atoms with Crippen molar-refractivity contribution >= 4 is 5.91 Å². The van der Waals surface area contributed by atoms with Gasteiger partial charge in [0.1, 0.15) is 0 Å².